The van der Waals surface area contributed by atoms with E-state index in [0.29, 0.717) is 49.1 Å². The molecule has 1 saturated heterocycles. The first-order valence-electron chi connectivity index (χ1n) is 8.96. The third-order valence-corrected chi connectivity index (χ3v) is 5.45. The van der Waals surface area contributed by atoms with Crippen LogP contribution in [0.3, 0.4) is 0 Å². The SMILES string of the molecule is O=C(CC1CCCCC1)N1CCN(C(=O)c2ccc(Cl)cc2)CC1. The molecule has 0 N–H and O–H groups in total. The Hall–Kier alpha value is -1.55. The maximum Gasteiger partial charge on any atom is 0.253 e. The van der Waals surface area contributed by atoms with Gasteiger partial charge in [-0.3, -0.25) is 9.59 Å². The minimum atomic E-state index is 0.0195. The minimum absolute atomic E-state index is 0.0195. The Morgan fingerprint density at radius 2 is 1.50 bits per heavy atom. The Morgan fingerprint density at radius 1 is 0.917 bits per heavy atom. The first-order valence-corrected chi connectivity index (χ1v) is 9.34. The Morgan fingerprint density at radius 3 is 2.12 bits per heavy atom. The third-order valence-electron chi connectivity index (χ3n) is 5.20. The normalized spacial score (nSPS) is 19.4. The molecule has 0 bridgehead atoms. The zero-order chi connectivity index (χ0) is 16.9. The number of hydrogen-bond acceptors (Lipinski definition) is 2. The van der Waals surface area contributed by atoms with Crippen LogP contribution in [0.4, 0.5) is 0 Å². The molecule has 0 aromatic heterocycles. The molecule has 1 aromatic rings. The molecule has 0 atom stereocenters. The predicted octanol–water partition coefficient (Wildman–Crippen LogP) is 3.59. The first-order chi connectivity index (χ1) is 11.6. The Labute approximate surface area is 148 Å². The van der Waals surface area contributed by atoms with Crippen molar-refractivity contribution >= 4 is 23.4 Å². The van der Waals surface area contributed by atoms with E-state index in [9.17, 15) is 9.59 Å². The van der Waals surface area contributed by atoms with Crippen LogP contribution >= 0.6 is 11.6 Å². The zero-order valence-corrected chi connectivity index (χ0v) is 14.8. The van der Waals surface area contributed by atoms with E-state index in [2.05, 4.69) is 0 Å². The number of rotatable bonds is 3. The molecule has 2 fully saturated rings. The van der Waals surface area contributed by atoms with Gasteiger partial charge in [0.15, 0.2) is 0 Å². The average Bonchev–Trinajstić information content (AvgIpc) is 2.63. The van der Waals surface area contributed by atoms with Crippen molar-refractivity contribution in [3.05, 3.63) is 34.9 Å². The van der Waals surface area contributed by atoms with Crippen LogP contribution in [-0.2, 0) is 4.79 Å². The van der Waals surface area contributed by atoms with Crippen LogP contribution in [0.5, 0.6) is 0 Å². The molecule has 0 radical (unpaired) electrons. The van der Waals surface area contributed by atoms with Crippen molar-refractivity contribution in [2.75, 3.05) is 26.2 Å². The summed E-state index contributed by atoms with van der Waals surface area (Å²) in [5.74, 6) is 0.853. The largest absolute Gasteiger partial charge is 0.339 e. The molecule has 0 unspecified atom stereocenters. The van der Waals surface area contributed by atoms with Gasteiger partial charge in [-0.1, -0.05) is 30.9 Å². The maximum absolute atomic E-state index is 12.5. The van der Waals surface area contributed by atoms with Crippen LogP contribution in [0.1, 0.15) is 48.9 Å². The van der Waals surface area contributed by atoms with E-state index < -0.39 is 0 Å². The van der Waals surface area contributed by atoms with Gasteiger partial charge in [0.05, 0.1) is 0 Å². The van der Waals surface area contributed by atoms with Crippen LogP contribution in [0.25, 0.3) is 0 Å². The molecule has 1 aromatic carbocycles. The van der Waals surface area contributed by atoms with Crippen LogP contribution in [-0.4, -0.2) is 47.8 Å². The lowest BCUT2D eigenvalue weighted by Crippen LogP contribution is -2.50. The topological polar surface area (TPSA) is 40.6 Å². The van der Waals surface area contributed by atoms with E-state index in [4.69, 9.17) is 11.6 Å². The number of nitrogens with zero attached hydrogens (tertiary/aromatic N) is 2. The molecule has 2 amide bonds. The minimum Gasteiger partial charge on any atom is -0.339 e. The lowest BCUT2D eigenvalue weighted by molar-refractivity contribution is -0.133. The van der Waals surface area contributed by atoms with Crippen LogP contribution in [0.15, 0.2) is 24.3 Å². The molecule has 3 rings (SSSR count). The number of hydrogen-bond donors (Lipinski definition) is 0. The molecular weight excluding hydrogens is 324 g/mol. The Balaban J connectivity index is 1.48. The lowest BCUT2D eigenvalue weighted by Gasteiger charge is -2.35. The predicted molar refractivity (Wildman–Crippen MR) is 95.1 cm³/mol. The zero-order valence-electron chi connectivity index (χ0n) is 14.0. The second-order valence-corrected chi connectivity index (χ2v) is 7.32. The highest BCUT2D eigenvalue weighted by atomic mass is 35.5. The number of halogens is 1. The number of benzene rings is 1. The van der Waals surface area contributed by atoms with Gasteiger partial charge in [-0.15, -0.1) is 0 Å². The van der Waals surface area contributed by atoms with Crippen LogP contribution in [0.2, 0.25) is 5.02 Å². The van der Waals surface area contributed by atoms with E-state index >= 15 is 0 Å². The van der Waals surface area contributed by atoms with Gasteiger partial charge in [0, 0.05) is 43.2 Å². The molecule has 1 heterocycles. The Bertz CT molecular complexity index is 574. The fraction of sp³-hybridized carbons (Fsp3) is 0.579. The first kappa shape index (κ1) is 17.3. The highest BCUT2D eigenvalue weighted by molar-refractivity contribution is 6.30. The summed E-state index contributed by atoms with van der Waals surface area (Å²) in [5.41, 5.74) is 0.654. The van der Waals surface area contributed by atoms with Gasteiger partial charge in [-0.2, -0.15) is 0 Å². The summed E-state index contributed by atoms with van der Waals surface area (Å²) in [6.07, 6.45) is 6.92. The van der Waals surface area contributed by atoms with Gasteiger partial charge in [-0.05, 0) is 43.0 Å². The molecule has 0 spiro atoms. The second-order valence-electron chi connectivity index (χ2n) is 6.89. The molecule has 1 aliphatic heterocycles. The molecule has 24 heavy (non-hydrogen) atoms. The monoisotopic (exact) mass is 348 g/mol. The molecule has 4 nitrogen and oxygen atoms in total. The van der Waals surface area contributed by atoms with Gasteiger partial charge in [0.1, 0.15) is 0 Å². The molecule has 2 aliphatic rings. The fourth-order valence-corrected chi connectivity index (χ4v) is 3.83. The van der Waals surface area contributed by atoms with Crippen molar-refractivity contribution < 1.29 is 9.59 Å². The maximum atomic E-state index is 12.5. The van der Waals surface area contributed by atoms with E-state index in [-0.39, 0.29) is 11.8 Å². The third kappa shape index (κ3) is 4.29. The summed E-state index contributed by atoms with van der Waals surface area (Å²) in [6.45, 7) is 2.51. The van der Waals surface area contributed by atoms with E-state index in [1.54, 1.807) is 24.3 Å². The van der Waals surface area contributed by atoms with Crippen molar-refractivity contribution in [1.82, 2.24) is 9.80 Å². The van der Waals surface area contributed by atoms with Gasteiger partial charge in [0.25, 0.3) is 5.91 Å². The number of amides is 2. The second kappa shape index (κ2) is 8.02. The van der Waals surface area contributed by atoms with Gasteiger partial charge in [0.2, 0.25) is 5.91 Å². The van der Waals surface area contributed by atoms with Crippen molar-refractivity contribution in [2.24, 2.45) is 5.92 Å². The summed E-state index contributed by atoms with van der Waals surface area (Å²) in [7, 11) is 0. The Kier molecular flexibility index (Phi) is 5.77. The van der Waals surface area contributed by atoms with E-state index in [1.807, 2.05) is 9.80 Å². The summed E-state index contributed by atoms with van der Waals surface area (Å²) >= 11 is 5.87. The van der Waals surface area contributed by atoms with Crippen molar-refractivity contribution in [3.8, 4) is 0 Å². The van der Waals surface area contributed by atoms with Gasteiger partial charge >= 0.3 is 0 Å². The lowest BCUT2D eigenvalue weighted by atomic mass is 9.86. The number of carbonyl (C=O) groups excluding carboxylic acids is 2. The molecule has 1 aliphatic carbocycles. The molecule has 1 saturated carbocycles. The summed E-state index contributed by atoms with van der Waals surface area (Å²) in [4.78, 5) is 28.7. The van der Waals surface area contributed by atoms with Crippen LogP contribution in [0, 0.1) is 5.92 Å². The van der Waals surface area contributed by atoms with Crippen molar-refractivity contribution in [1.29, 1.82) is 0 Å². The smallest absolute Gasteiger partial charge is 0.253 e. The van der Waals surface area contributed by atoms with E-state index in [0.717, 1.165) is 0 Å². The van der Waals surface area contributed by atoms with Gasteiger partial charge < -0.3 is 9.80 Å². The van der Waals surface area contributed by atoms with Crippen molar-refractivity contribution in [2.45, 2.75) is 38.5 Å². The van der Waals surface area contributed by atoms with Crippen molar-refractivity contribution in [3.63, 3.8) is 0 Å². The fourth-order valence-electron chi connectivity index (χ4n) is 3.70. The van der Waals surface area contributed by atoms with E-state index in [1.165, 1.54) is 32.1 Å². The quantitative estimate of drug-likeness (QED) is 0.837. The summed E-state index contributed by atoms with van der Waals surface area (Å²) in [6, 6.07) is 6.98. The summed E-state index contributed by atoms with van der Waals surface area (Å²) < 4.78 is 0. The van der Waals surface area contributed by atoms with Gasteiger partial charge in [-0.25, -0.2) is 0 Å². The number of piperazine rings is 1. The highest BCUT2D eigenvalue weighted by Crippen LogP contribution is 2.27. The number of carbonyl (C=O) groups is 2. The summed E-state index contributed by atoms with van der Waals surface area (Å²) in [5, 5.41) is 0.629. The molecule has 5 heteroatoms. The molecule has 130 valence electrons. The average molecular weight is 349 g/mol. The molecular formula is C19H25ClN2O2. The highest BCUT2D eigenvalue weighted by Gasteiger charge is 2.26. The standard InChI is InChI=1S/C19H25ClN2O2/c20-17-8-6-16(7-9-17)19(24)22-12-10-21(11-13-22)18(23)14-15-4-2-1-3-5-15/h6-9,15H,1-5,10-14H2. The van der Waals surface area contributed by atoms with Crippen LogP contribution < -0.4 is 0 Å².